The molecule has 0 aliphatic rings. The Morgan fingerprint density at radius 1 is 1.22 bits per heavy atom. The summed E-state index contributed by atoms with van der Waals surface area (Å²) in [4.78, 5) is 12.3. The number of hydrogen-bond acceptors (Lipinski definition) is 5. The van der Waals surface area contributed by atoms with Crippen molar-refractivity contribution in [3.05, 3.63) is 59.7 Å². The van der Waals surface area contributed by atoms with Gasteiger partial charge in [-0.3, -0.25) is 4.79 Å². The van der Waals surface area contributed by atoms with Crippen molar-refractivity contribution in [3.8, 4) is 5.75 Å². The van der Waals surface area contributed by atoms with E-state index in [9.17, 15) is 13.2 Å². The van der Waals surface area contributed by atoms with Crippen LogP contribution in [-0.4, -0.2) is 45.4 Å². The van der Waals surface area contributed by atoms with Gasteiger partial charge in [0.05, 0.1) is 7.11 Å². The molecule has 2 aromatic carbocycles. The quantitative estimate of drug-likeness (QED) is 0.712. The molecule has 7 nitrogen and oxygen atoms in total. The SMILES string of the molecule is COc1ccc(C(=O)N[C@@H](C)CN)cc1S(=O)(=O)N(C)Cc1ccccc1. The van der Waals surface area contributed by atoms with Gasteiger partial charge < -0.3 is 15.8 Å². The summed E-state index contributed by atoms with van der Waals surface area (Å²) in [7, 11) is -0.985. The first-order chi connectivity index (χ1) is 12.8. The van der Waals surface area contributed by atoms with Crippen LogP contribution >= 0.6 is 0 Å². The highest BCUT2D eigenvalue weighted by Gasteiger charge is 2.26. The molecule has 1 amide bonds. The van der Waals surface area contributed by atoms with Crippen molar-refractivity contribution in [2.24, 2.45) is 5.73 Å². The molecule has 0 heterocycles. The lowest BCUT2D eigenvalue weighted by Gasteiger charge is -2.20. The van der Waals surface area contributed by atoms with Gasteiger partial charge in [0.25, 0.3) is 5.91 Å². The van der Waals surface area contributed by atoms with Gasteiger partial charge in [-0.1, -0.05) is 30.3 Å². The normalized spacial score (nSPS) is 12.6. The molecule has 0 radical (unpaired) electrons. The van der Waals surface area contributed by atoms with Crippen LogP contribution in [0.2, 0.25) is 0 Å². The van der Waals surface area contributed by atoms with Gasteiger partial charge in [-0.05, 0) is 30.7 Å². The highest BCUT2D eigenvalue weighted by atomic mass is 32.2. The van der Waals surface area contributed by atoms with Crippen LogP contribution in [0.1, 0.15) is 22.8 Å². The third-order valence-electron chi connectivity index (χ3n) is 4.09. The lowest BCUT2D eigenvalue weighted by Crippen LogP contribution is -2.37. The van der Waals surface area contributed by atoms with E-state index in [-0.39, 0.29) is 35.3 Å². The number of nitrogens with two attached hydrogens (primary N) is 1. The van der Waals surface area contributed by atoms with Crippen LogP contribution in [0.3, 0.4) is 0 Å². The molecule has 0 unspecified atom stereocenters. The third kappa shape index (κ3) is 5.06. The predicted molar refractivity (Wildman–Crippen MR) is 104 cm³/mol. The Morgan fingerprint density at radius 3 is 2.48 bits per heavy atom. The number of carbonyl (C=O) groups is 1. The van der Waals surface area contributed by atoms with Crippen LogP contribution in [0.4, 0.5) is 0 Å². The summed E-state index contributed by atoms with van der Waals surface area (Å²) in [6.07, 6.45) is 0. The maximum atomic E-state index is 13.1. The minimum atomic E-state index is -3.87. The molecule has 0 saturated carbocycles. The van der Waals surface area contributed by atoms with Crippen LogP contribution in [0.25, 0.3) is 0 Å². The lowest BCUT2D eigenvalue weighted by atomic mass is 10.2. The fraction of sp³-hybridized carbons (Fsp3) is 0.316. The highest BCUT2D eigenvalue weighted by Crippen LogP contribution is 2.28. The summed E-state index contributed by atoms with van der Waals surface area (Å²) >= 11 is 0. The molecular weight excluding hydrogens is 366 g/mol. The van der Waals surface area contributed by atoms with Gasteiger partial charge in [0, 0.05) is 31.7 Å². The van der Waals surface area contributed by atoms with E-state index in [2.05, 4.69) is 5.32 Å². The van der Waals surface area contributed by atoms with Crippen LogP contribution in [0, 0.1) is 0 Å². The summed E-state index contributed by atoms with van der Waals surface area (Å²) < 4.78 is 32.6. The largest absolute Gasteiger partial charge is 0.495 e. The van der Waals surface area contributed by atoms with Crippen LogP contribution in [-0.2, 0) is 16.6 Å². The number of nitrogens with one attached hydrogen (secondary N) is 1. The minimum Gasteiger partial charge on any atom is -0.495 e. The first-order valence-corrected chi connectivity index (χ1v) is 9.92. The summed E-state index contributed by atoms with van der Waals surface area (Å²) in [5.41, 5.74) is 6.60. The van der Waals surface area contributed by atoms with E-state index < -0.39 is 15.9 Å². The molecule has 0 fully saturated rings. The molecule has 2 rings (SSSR count). The maximum Gasteiger partial charge on any atom is 0.251 e. The fourth-order valence-corrected chi connectivity index (χ4v) is 3.82. The number of amides is 1. The lowest BCUT2D eigenvalue weighted by molar-refractivity contribution is 0.0941. The molecule has 0 aliphatic carbocycles. The van der Waals surface area contributed by atoms with Gasteiger partial charge in [-0.2, -0.15) is 4.31 Å². The van der Waals surface area contributed by atoms with Crippen LogP contribution < -0.4 is 15.8 Å². The monoisotopic (exact) mass is 391 g/mol. The minimum absolute atomic E-state index is 0.0588. The smallest absolute Gasteiger partial charge is 0.251 e. The maximum absolute atomic E-state index is 13.1. The standard InChI is InChI=1S/C19H25N3O4S/c1-14(12-20)21-19(23)16-9-10-17(26-3)18(11-16)27(24,25)22(2)13-15-7-5-4-6-8-15/h4-11,14H,12-13,20H2,1-3H3,(H,21,23)/t14-/m0/s1. The van der Waals surface area contributed by atoms with Gasteiger partial charge in [-0.25, -0.2) is 8.42 Å². The highest BCUT2D eigenvalue weighted by molar-refractivity contribution is 7.89. The van der Waals surface area contributed by atoms with Crippen molar-refractivity contribution < 1.29 is 17.9 Å². The molecule has 0 aliphatic heterocycles. The van der Waals surface area contributed by atoms with E-state index in [0.717, 1.165) is 5.56 Å². The zero-order valence-corrected chi connectivity index (χ0v) is 16.5. The van der Waals surface area contributed by atoms with Gasteiger partial charge in [0.2, 0.25) is 10.0 Å². The number of methoxy groups -OCH3 is 1. The first kappa shape index (κ1) is 20.9. The Labute approximate surface area is 160 Å². The third-order valence-corrected chi connectivity index (χ3v) is 5.92. The molecule has 3 N–H and O–H groups in total. The van der Waals surface area contributed by atoms with E-state index >= 15 is 0 Å². The molecule has 0 aromatic heterocycles. The van der Waals surface area contributed by atoms with Gasteiger partial charge in [0.15, 0.2) is 0 Å². The van der Waals surface area contributed by atoms with Crippen molar-refractivity contribution in [1.82, 2.24) is 9.62 Å². The second-order valence-electron chi connectivity index (χ2n) is 6.22. The average molecular weight is 391 g/mol. The Bertz CT molecular complexity index is 885. The summed E-state index contributed by atoms with van der Waals surface area (Å²) in [5, 5.41) is 2.72. The summed E-state index contributed by atoms with van der Waals surface area (Å²) in [5.74, 6) is -0.212. The van der Waals surface area contributed by atoms with E-state index in [1.54, 1.807) is 6.92 Å². The van der Waals surface area contributed by atoms with Crippen LogP contribution in [0.5, 0.6) is 5.75 Å². The molecule has 0 spiro atoms. The van der Waals surface area contributed by atoms with E-state index in [1.807, 2.05) is 30.3 Å². The Balaban J connectivity index is 2.36. The van der Waals surface area contributed by atoms with Crippen molar-refractivity contribution >= 4 is 15.9 Å². The van der Waals surface area contributed by atoms with Gasteiger partial charge in [-0.15, -0.1) is 0 Å². The van der Waals surface area contributed by atoms with Crippen molar-refractivity contribution in [2.75, 3.05) is 20.7 Å². The number of ether oxygens (including phenoxy) is 1. The fourth-order valence-electron chi connectivity index (χ4n) is 2.48. The van der Waals surface area contributed by atoms with Gasteiger partial charge in [0.1, 0.15) is 10.6 Å². The average Bonchev–Trinajstić information content (AvgIpc) is 2.67. The Hall–Kier alpha value is -2.42. The van der Waals surface area contributed by atoms with Crippen molar-refractivity contribution in [2.45, 2.75) is 24.4 Å². The number of benzene rings is 2. The number of hydrogen-bond donors (Lipinski definition) is 2. The molecule has 8 heteroatoms. The Morgan fingerprint density at radius 2 is 1.89 bits per heavy atom. The van der Waals surface area contributed by atoms with Crippen molar-refractivity contribution in [1.29, 1.82) is 0 Å². The molecule has 146 valence electrons. The molecule has 2 aromatic rings. The summed E-state index contributed by atoms with van der Waals surface area (Å²) in [6.45, 7) is 2.26. The molecular formula is C19H25N3O4S. The molecule has 0 bridgehead atoms. The van der Waals surface area contributed by atoms with E-state index in [4.69, 9.17) is 10.5 Å². The number of nitrogens with zero attached hydrogens (tertiary/aromatic N) is 1. The second kappa shape index (κ2) is 8.98. The zero-order valence-electron chi connectivity index (χ0n) is 15.7. The number of rotatable bonds is 8. The second-order valence-corrected chi connectivity index (χ2v) is 8.24. The topological polar surface area (TPSA) is 102 Å². The van der Waals surface area contributed by atoms with Crippen molar-refractivity contribution in [3.63, 3.8) is 0 Å². The van der Waals surface area contributed by atoms with E-state index in [0.29, 0.717) is 0 Å². The molecule has 27 heavy (non-hydrogen) atoms. The first-order valence-electron chi connectivity index (χ1n) is 8.48. The molecule has 1 atom stereocenters. The Kier molecular flexibility index (Phi) is 6.95. The number of sulfonamides is 1. The number of carbonyl (C=O) groups excluding carboxylic acids is 1. The predicted octanol–water partition coefficient (Wildman–Crippen LogP) is 1.59. The van der Waals surface area contributed by atoms with Gasteiger partial charge >= 0.3 is 0 Å². The van der Waals surface area contributed by atoms with Crippen LogP contribution in [0.15, 0.2) is 53.4 Å². The van der Waals surface area contributed by atoms with E-state index in [1.165, 1.54) is 36.7 Å². The molecule has 0 saturated heterocycles. The zero-order chi connectivity index (χ0) is 20.0. The summed E-state index contributed by atoms with van der Waals surface area (Å²) in [6, 6.07) is 13.4.